The Bertz CT molecular complexity index is 904. The van der Waals surface area contributed by atoms with E-state index in [-0.39, 0.29) is 17.0 Å². The average Bonchev–Trinajstić information content (AvgIpc) is 3.04. The number of amides is 1. The molecular weight excluding hydrogens is 382 g/mol. The number of aromatic carboxylic acids is 1. The monoisotopic (exact) mass is 405 g/mol. The van der Waals surface area contributed by atoms with Gasteiger partial charge in [-0.1, -0.05) is 11.6 Å². The topological polar surface area (TPSA) is 107 Å². The number of halogens is 1. The first kappa shape index (κ1) is 19.1. The van der Waals surface area contributed by atoms with E-state index in [4.69, 9.17) is 27.2 Å². The van der Waals surface area contributed by atoms with Crippen LogP contribution in [0.15, 0.2) is 18.3 Å². The van der Waals surface area contributed by atoms with Crippen LogP contribution in [0.25, 0.3) is 5.52 Å². The van der Waals surface area contributed by atoms with E-state index in [0.717, 1.165) is 37.0 Å². The first-order chi connectivity index (χ1) is 13.3. The van der Waals surface area contributed by atoms with Crippen LogP contribution in [-0.2, 0) is 4.79 Å². The van der Waals surface area contributed by atoms with Gasteiger partial charge in [0.25, 0.3) is 0 Å². The third-order valence-corrected chi connectivity index (χ3v) is 6.71. The highest BCUT2D eigenvalue weighted by Crippen LogP contribution is 2.59. The summed E-state index contributed by atoms with van der Waals surface area (Å²) in [5, 5.41) is 13.0. The average molecular weight is 406 g/mol. The maximum Gasteiger partial charge on any atom is 0.356 e. The van der Waals surface area contributed by atoms with Crippen LogP contribution in [-0.4, -0.2) is 33.7 Å². The van der Waals surface area contributed by atoms with Gasteiger partial charge in [-0.25, -0.2) is 9.31 Å². The summed E-state index contributed by atoms with van der Waals surface area (Å²) in [4.78, 5) is 22.2. The van der Waals surface area contributed by atoms with Crippen LogP contribution in [0.1, 0.15) is 49.0 Å². The molecule has 2 heterocycles. The molecule has 150 valence electrons. The molecule has 0 atom stereocenters. The smallest absolute Gasteiger partial charge is 0.356 e. The third-order valence-electron chi connectivity index (χ3n) is 6.50. The molecule has 8 heteroatoms. The number of nitrogens with two attached hydrogens (primary N) is 1. The molecule has 28 heavy (non-hydrogen) atoms. The van der Waals surface area contributed by atoms with E-state index in [1.807, 2.05) is 0 Å². The van der Waals surface area contributed by atoms with Crippen molar-refractivity contribution in [2.24, 2.45) is 28.9 Å². The van der Waals surface area contributed by atoms with Gasteiger partial charge in [0.15, 0.2) is 5.69 Å². The first-order valence-electron chi connectivity index (χ1n) is 9.56. The number of carbonyl (C=O) groups excluding carboxylic acids is 1. The van der Waals surface area contributed by atoms with Crippen molar-refractivity contribution in [3.63, 3.8) is 0 Å². The molecule has 0 aliphatic heterocycles. The van der Waals surface area contributed by atoms with Crippen LogP contribution in [0, 0.1) is 23.2 Å². The van der Waals surface area contributed by atoms with Crippen LogP contribution in [0.3, 0.4) is 0 Å². The lowest BCUT2D eigenvalue weighted by Crippen LogP contribution is -2.52. The minimum Gasteiger partial charge on any atom is -0.494 e. The van der Waals surface area contributed by atoms with E-state index in [9.17, 15) is 9.59 Å². The largest absolute Gasteiger partial charge is 0.494 e. The van der Waals surface area contributed by atoms with E-state index >= 15 is 0 Å². The van der Waals surface area contributed by atoms with Crippen LogP contribution >= 0.6 is 11.6 Å². The molecule has 4 bridgehead atoms. The van der Waals surface area contributed by atoms with Gasteiger partial charge in [-0.15, -0.1) is 0 Å². The quantitative estimate of drug-likeness (QED) is 0.813. The molecule has 4 aliphatic rings. The van der Waals surface area contributed by atoms with Crippen molar-refractivity contribution in [1.29, 1.82) is 0 Å². The van der Waals surface area contributed by atoms with Gasteiger partial charge in [0.05, 0.1) is 12.1 Å². The Kier molecular flexibility index (Phi) is 4.73. The molecule has 0 radical (unpaired) electrons. The zero-order valence-corrected chi connectivity index (χ0v) is 16.5. The summed E-state index contributed by atoms with van der Waals surface area (Å²) in [6, 6.07) is 3.03. The van der Waals surface area contributed by atoms with Gasteiger partial charge in [-0.3, -0.25) is 4.79 Å². The van der Waals surface area contributed by atoms with Crippen molar-refractivity contribution < 1.29 is 19.4 Å². The fourth-order valence-electron chi connectivity index (χ4n) is 5.71. The fraction of sp³-hybridized carbons (Fsp3) is 0.550. The molecule has 0 aromatic carbocycles. The van der Waals surface area contributed by atoms with E-state index in [2.05, 4.69) is 5.10 Å². The zero-order valence-electron chi connectivity index (χ0n) is 15.7. The van der Waals surface area contributed by atoms with Gasteiger partial charge < -0.3 is 15.6 Å². The molecule has 0 saturated heterocycles. The second-order valence-electron chi connectivity index (χ2n) is 8.45. The highest BCUT2D eigenvalue weighted by Gasteiger charge is 2.53. The Morgan fingerprint density at radius 1 is 1.21 bits per heavy atom. The molecule has 3 N–H and O–H groups in total. The number of rotatable bonds is 3. The summed E-state index contributed by atoms with van der Waals surface area (Å²) in [7, 11) is 1.49. The third kappa shape index (κ3) is 3.32. The van der Waals surface area contributed by atoms with Crippen molar-refractivity contribution in [1.82, 2.24) is 9.61 Å². The SMILES string of the molecule is COc1cc(Cl)cn2nc(C(=O)O)cc12.NC(=O)C12CC3CC(CC(C3)C1)C2. The van der Waals surface area contributed by atoms with Crippen LogP contribution in [0.5, 0.6) is 5.75 Å². The number of fused-ring (bicyclic) bond motifs is 1. The van der Waals surface area contributed by atoms with Crippen LogP contribution in [0.4, 0.5) is 0 Å². The van der Waals surface area contributed by atoms with Crippen molar-refractivity contribution in [2.75, 3.05) is 7.11 Å². The number of hydrogen-bond acceptors (Lipinski definition) is 4. The number of aromatic nitrogens is 2. The van der Waals surface area contributed by atoms with E-state index in [0.29, 0.717) is 16.3 Å². The Balaban J connectivity index is 0.000000138. The molecule has 4 saturated carbocycles. The van der Waals surface area contributed by atoms with E-state index in [1.165, 1.54) is 43.2 Å². The van der Waals surface area contributed by atoms with Gasteiger partial charge in [-0.05, 0) is 56.3 Å². The highest BCUT2D eigenvalue weighted by atomic mass is 35.5. The lowest BCUT2D eigenvalue weighted by Gasteiger charge is -2.55. The number of pyridine rings is 1. The van der Waals surface area contributed by atoms with Gasteiger partial charge in [0.1, 0.15) is 11.3 Å². The highest BCUT2D eigenvalue weighted by molar-refractivity contribution is 6.30. The minimum absolute atomic E-state index is 0.00778. The number of carbonyl (C=O) groups is 2. The predicted molar refractivity (Wildman–Crippen MR) is 104 cm³/mol. The molecule has 6 rings (SSSR count). The summed E-state index contributed by atoms with van der Waals surface area (Å²) in [6.45, 7) is 0. The number of carboxylic acid groups (broad SMARTS) is 1. The predicted octanol–water partition coefficient (Wildman–Crippen LogP) is 3.38. The maximum atomic E-state index is 11.5. The second kappa shape index (κ2) is 6.95. The molecular formula is C20H24ClN3O4. The summed E-state index contributed by atoms with van der Waals surface area (Å²) in [6.07, 6.45) is 8.98. The molecule has 0 unspecified atom stereocenters. The van der Waals surface area contributed by atoms with E-state index in [1.54, 1.807) is 6.07 Å². The second-order valence-corrected chi connectivity index (χ2v) is 8.89. The Morgan fingerprint density at radius 3 is 2.25 bits per heavy atom. The molecule has 7 nitrogen and oxygen atoms in total. The van der Waals surface area contributed by atoms with Gasteiger partial charge in [-0.2, -0.15) is 5.10 Å². The summed E-state index contributed by atoms with van der Waals surface area (Å²) >= 11 is 5.80. The van der Waals surface area contributed by atoms with Crippen LogP contribution in [0.2, 0.25) is 5.02 Å². The van der Waals surface area contributed by atoms with Crippen molar-refractivity contribution in [2.45, 2.75) is 38.5 Å². The molecule has 2 aromatic rings. The lowest BCUT2D eigenvalue weighted by atomic mass is 9.49. The number of primary amides is 1. The molecule has 4 fully saturated rings. The molecule has 0 spiro atoms. The number of nitrogens with zero attached hydrogens (tertiary/aromatic N) is 2. The molecule has 2 aromatic heterocycles. The van der Waals surface area contributed by atoms with Crippen molar-refractivity contribution >= 4 is 29.0 Å². The van der Waals surface area contributed by atoms with Gasteiger partial charge >= 0.3 is 5.97 Å². The zero-order chi connectivity index (χ0) is 20.1. The van der Waals surface area contributed by atoms with Gasteiger partial charge in [0, 0.05) is 23.7 Å². The summed E-state index contributed by atoms with van der Waals surface area (Å²) in [5.74, 6) is 1.89. The van der Waals surface area contributed by atoms with Crippen LogP contribution < -0.4 is 10.5 Å². The number of methoxy groups -OCH3 is 1. The first-order valence-corrected chi connectivity index (χ1v) is 9.93. The minimum atomic E-state index is -1.09. The number of carboxylic acids is 1. The van der Waals surface area contributed by atoms with E-state index < -0.39 is 5.97 Å². The lowest BCUT2D eigenvalue weighted by molar-refractivity contribution is -0.142. The summed E-state index contributed by atoms with van der Waals surface area (Å²) in [5.41, 5.74) is 6.01. The molecule has 4 aliphatic carbocycles. The molecule has 1 amide bonds. The normalized spacial score (nSPS) is 30.0. The Morgan fingerprint density at radius 2 is 1.79 bits per heavy atom. The summed E-state index contributed by atoms with van der Waals surface area (Å²) < 4.78 is 6.44. The van der Waals surface area contributed by atoms with Gasteiger partial charge in [0.2, 0.25) is 5.91 Å². The maximum absolute atomic E-state index is 11.5. The number of ether oxygens (including phenoxy) is 1. The fourth-order valence-corrected chi connectivity index (χ4v) is 5.90. The Labute approximate surface area is 167 Å². The number of hydrogen-bond donors (Lipinski definition) is 2. The Hall–Kier alpha value is -2.28. The van der Waals surface area contributed by atoms with Crippen molar-refractivity contribution in [3.05, 3.63) is 29.0 Å². The standard InChI is InChI=1S/C11H17NO.C9H7ClN2O3/c12-10(13)11-4-7-1-8(5-11)3-9(2-7)6-11;1-15-8-2-5(10)4-12-7(8)3-6(11-12)9(13)14/h7-9H,1-6H2,(H2,12,13);2-4H,1H3,(H,13,14). The van der Waals surface area contributed by atoms with Crippen molar-refractivity contribution in [3.8, 4) is 5.75 Å².